The minimum Gasteiger partial charge on any atom is -0.484 e. The Bertz CT molecular complexity index is 1120. The number of hydrogen-bond donors (Lipinski definition) is 0. The van der Waals surface area contributed by atoms with Crippen LogP contribution in [0.4, 0.5) is 10.1 Å². The van der Waals surface area contributed by atoms with Crippen molar-refractivity contribution in [2.45, 2.75) is 26.3 Å². The number of carbonyl (C=O) groups excluding carboxylic acids is 1. The van der Waals surface area contributed by atoms with Gasteiger partial charge in [0.15, 0.2) is 6.61 Å². The first kappa shape index (κ1) is 19.2. The summed E-state index contributed by atoms with van der Waals surface area (Å²) in [7, 11) is 3.19. The van der Waals surface area contributed by atoms with Crippen molar-refractivity contribution in [2.24, 2.45) is 0 Å². The van der Waals surface area contributed by atoms with Crippen LogP contribution in [0.15, 0.2) is 42.5 Å². The van der Waals surface area contributed by atoms with Crippen molar-refractivity contribution in [1.82, 2.24) is 0 Å². The van der Waals surface area contributed by atoms with Gasteiger partial charge in [-0.1, -0.05) is 45.0 Å². The molecule has 0 unspecified atom stereocenters. The lowest BCUT2D eigenvalue weighted by Gasteiger charge is -2.43. The molecule has 7 heteroatoms. The van der Waals surface area contributed by atoms with Crippen molar-refractivity contribution in [3.05, 3.63) is 62.5 Å². The van der Waals surface area contributed by atoms with Crippen molar-refractivity contribution in [1.29, 1.82) is 0 Å². The maximum absolute atomic E-state index is 13.3. The Labute approximate surface area is 175 Å². The van der Waals surface area contributed by atoms with E-state index >= 15 is 0 Å². The number of benzene rings is 2. The van der Waals surface area contributed by atoms with E-state index in [-0.39, 0.29) is 18.3 Å². The molecule has 0 N–H and O–H groups in total. The lowest BCUT2D eigenvalue weighted by Crippen LogP contribution is -2.49. The van der Waals surface area contributed by atoms with Crippen LogP contribution in [0.1, 0.15) is 24.3 Å². The van der Waals surface area contributed by atoms with Gasteiger partial charge in [-0.3, -0.25) is 9.69 Å². The molecule has 1 aliphatic rings. The highest BCUT2D eigenvalue weighted by Gasteiger charge is 2.43. The average Bonchev–Trinajstić information content (AvgIpc) is 3.04. The van der Waals surface area contributed by atoms with Gasteiger partial charge in [-0.15, -0.1) is 0 Å². The van der Waals surface area contributed by atoms with Gasteiger partial charge < -0.3 is 4.74 Å². The van der Waals surface area contributed by atoms with Crippen LogP contribution in [-0.2, 0) is 10.3 Å². The standard InChI is InChI=1S/C21H18FNO2S3/c1-12-4-9-15-16(10-12)23(21(2,3)19-18(15)20(26)28-27-19)17(24)11-25-14-7-5-13(22)6-8-14/h4-10H,11H2,1-3H3. The number of nitrogens with zero attached hydrogens (tertiary/aromatic N) is 1. The Hall–Kier alpha value is -2.09. The number of rotatable bonds is 3. The van der Waals surface area contributed by atoms with Crippen LogP contribution in [-0.4, -0.2) is 12.5 Å². The van der Waals surface area contributed by atoms with Crippen molar-refractivity contribution in [2.75, 3.05) is 11.5 Å². The molecule has 0 saturated carbocycles. The molecular weight excluding hydrogens is 413 g/mol. The summed E-state index contributed by atoms with van der Waals surface area (Å²) in [6, 6.07) is 11.8. The topological polar surface area (TPSA) is 29.5 Å². The third kappa shape index (κ3) is 3.17. The van der Waals surface area contributed by atoms with Gasteiger partial charge in [0.25, 0.3) is 5.91 Å². The van der Waals surface area contributed by atoms with E-state index in [0.29, 0.717) is 5.75 Å². The number of amides is 1. The Morgan fingerprint density at radius 1 is 1.18 bits per heavy atom. The molecule has 0 aliphatic carbocycles. The number of fused-ring (bicyclic) bond motifs is 3. The fourth-order valence-electron chi connectivity index (χ4n) is 3.52. The first-order valence-corrected chi connectivity index (χ1v) is 11.3. The maximum atomic E-state index is 13.3. The number of ether oxygens (including phenoxy) is 1. The lowest BCUT2D eigenvalue weighted by molar-refractivity contribution is -0.121. The van der Waals surface area contributed by atoms with E-state index in [1.165, 1.54) is 24.3 Å². The number of halogens is 1. The van der Waals surface area contributed by atoms with Crippen LogP contribution in [0.25, 0.3) is 11.1 Å². The van der Waals surface area contributed by atoms with E-state index in [4.69, 9.17) is 17.0 Å². The van der Waals surface area contributed by atoms with E-state index in [2.05, 4.69) is 0 Å². The van der Waals surface area contributed by atoms with Crippen molar-refractivity contribution in [3.63, 3.8) is 0 Å². The van der Waals surface area contributed by atoms with Gasteiger partial charge in [-0.25, -0.2) is 4.39 Å². The first-order chi connectivity index (χ1) is 13.3. The molecule has 1 aromatic heterocycles. The summed E-state index contributed by atoms with van der Waals surface area (Å²) in [6.07, 6.45) is 0. The third-order valence-electron chi connectivity index (χ3n) is 4.84. The molecule has 2 heterocycles. The van der Waals surface area contributed by atoms with Gasteiger partial charge in [0, 0.05) is 11.1 Å². The fourth-order valence-corrected chi connectivity index (χ4v) is 6.80. The van der Waals surface area contributed by atoms with Gasteiger partial charge in [0.2, 0.25) is 0 Å². The van der Waals surface area contributed by atoms with Crippen LogP contribution in [0.5, 0.6) is 5.75 Å². The van der Waals surface area contributed by atoms with Crippen LogP contribution >= 0.6 is 32.9 Å². The number of hydrogen-bond acceptors (Lipinski definition) is 5. The van der Waals surface area contributed by atoms with Gasteiger partial charge in [-0.2, -0.15) is 0 Å². The SMILES string of the molecule is Cc1ccc2c(c1)N(C(=O)COc1ccc(F)cc1)C(C)(C)c1ssc(=S)c1-2. The Morgan fingerprint density at radius 2 is 1.89 bits per heavy atom. The molecule has 3 nitrogen and oxygen atoms in total. The summed E-state index contributed by atoms with van der Waals surface area (Å²) in [5, 5.41) is 0. The predicted octanol–water partition coefficient (Wildman–Crippen LogP) is 6.31. The second kappa shape index (κ2) is 7.06. The van der Waals surface area contributed by atoms with Crippen molar-refractivity contribution >= 4 is 44.5 Å². The second-order valence-electron chi connectivity index (χ2n) is 7.21. The smallest absolute Gasteiger partial charge is 0.265 e. The monoisotopic (exact) mass is 431 g/mol. The van der Waals surface area contributed by atoms with Crippen molar-refractivity contribution < 1.29 is 13.9 Å². The molecule has 0 radical (unpaired) electrons. The average molecular weight is 432 g/mol. The lowest BCUT2D eigenvalue weighted by atomic mass is 9.87. The maximum Gasteiger partial charge on any atom is 0.265 e. The fraction of sp³-hybridized carbons (Fsp3) is 0.238. The zero-order valence-corrected chi connectivity index (χ0v) is 18.1. The summed E-state index contributed by atoms with van der Waals surface area (Å²) in [5.74, 6) is -0.0384. The Kier molecular flexibility index (Phi) is 4.85. The van der Waals surface area contributed by atoms with E-state index in [1.54, 1.807) is 25.6 Å². The summed E-state index contributed by atoms with van der Waals surface area (Å²) >= 11 is 5.58. The van der Waals surface area contributed by atoms with Crippen LogP contribution < -0.4 is 9.64 Å². The molecule has 28 heavy (non-hydrogen) atoms. The number of anilines is 1. The minimum atomic E-state index is -0.544. The second-order valence-corrected chi connectivity index (χ2v) is 10.0. The highest BCUT2D eigenvalue weighted by atomic mass is 32.9. The molecule has 3 aromatic rings. The van der Waals surface area contributed by atoms with E-state index in [0.717, 1.165) is 31.1 Å². The molecule has 0 saturated heterocycles. The molecule has 1 aliphatic heterocycles. The highest BCUT2D eigenvalue weighted by molar-refractivity contribution is 7.80. The number of aryl methyl sites for hydroxylation is 1. The number of carbonyl (C=O) groups is 1. The first-order valence-electron chi connectivity index (χ1n) is 8.75. The Morgan fingerprint density at radius 3 is 2.61 bits per heavy atom. The molecule has 2 aromatic carbocycles. The summed E-state index contributed by atoms with van der Waals surface area (Å²) in [4.78, 5) is 16.1. The van der Waals surface area contributed by atoms with E-state index in [9.17, 15) is 9.18 Å². The Balaban J connectivity index is 1.73. The van der Waals surface area contributed by atoms with Crippen LogP contribution in [0.2, 0.25) is 0 Å². The quantitative estimate of drug-likeness (QED) is 0.359. The van der Waals surface area contributed by atoms with Gasteiger partial charge in [0.05, 0.1) is 16.1 Å². The predicted molar refractivity (Wildman–Crippen MR) is 116 cm³/mol. The molecule has 0 atom stereocenters. The molecule has 1 amide bonds. The third-order valence-corrected chi connectivity index (χ3v) is 8.17. The highest BCUT2D eigenvalue weighted by Crippen LogP contribution is 2.52. The van der Waals surface area contributed by atoms with E-state index < -0.39 is 5.54 Å². The zero-order valence-electron chi connectivity index (χ0n) is 15.6. The molecule has 0 fully saturated rings. The van der Waals surface area contributed by atoms with Gasteiger partial charge in [0.1, 0.15) is 15.4 Å². The minimum absolute atomic E-state index is 0.132. The van der Waals surface area contributed by atoms with Crippen LogP contribution in [0.3, 0.4) is 0 Å². The normalized spacial score (nSPS) is 14.4. The molecule has 144 valence electrons. The summed E-state index contributed by atoms with van der Waals surface area (Å²) < 4.78 is 19.6. The molecular formula is C21H18FNO2S3. The summed E-state index contributed by atoms with van der Waals surface area (Å²) in [5.41, 5.74) is 3.42. The summed E-state index contributed by atoms with van der Waals surface area (Å²) in [6.45, 7) is 5.94. The van der Waals surface area contributed by atoms with Crippen molar-refractivity contribution in [3.8, 4) is 16.9 Å². The van der Waals surface area contributed by atoms with Crippen LogP contribution in [0, 0.1) is 16.6 Å². The molecule has 0 bridgehead atoms. The molecule has 0 spiro atoms. The van der Waals surface area contributed by atoms with Gasteiger partial charge >= 0.3 is 0 Å². The van der Waals surface area contributed by atoms with Gasteiger partial charge in [-0.05, 0) is 56.7 Å². The zero-order chi connectivity index (χ0) is 20.1. The van der Waals surface area contributed by atoms with E-state index in [1.807, 2.05) is 39.0 Å². The largest absolute Gasteiger partial charge is 0.484 e. The molecule has 4 rings (SSSR count).